The maximum atomic E-state index is 6.21. The summed E-state index contributed by atoms with van der Waals surface area (Å²) < 4.78 is 6.21. The first-order valence-corrected chi connectivity index (χ1v) is 12.4. The monoisotopic (exact) mass is 492 g/mol. The van der Waals surface area contributed by atoms with Crippen LogP contribution in [0.25, 0.3) is 33.2 Å². The third kappa shape index (κ3) is 4.65. The molecule has 0 aliphatic carbocycles. The molecule has 0 radical (unpaired) electrons. The number of hydrogen-bond acceptors (Lipinski definition) is 3. The normalized spacial score (nSPS) is 12.2. The fraction of sp³-hybridized carbons (Fsp3) is 0.0303. The smallest absolute Gasteiger partial charge is 0.164 e. The molecule has 0 atom stereocenters. The van der Waals surface area contributed by atoms with Gasteiger partial charge >= 0.3 is 0 Å². The molecule has 0 saturated heterocycles. The lowest BCUT2D eigenvalue weighted by Crippen LogP contribution is -2.06. The molecule has 38 heavy (non-hydrogen) atoms. The van der Waals surface area contributed by atoms with Crippen LogP contribution in [0.2, 0.25) is 0 Å². The Bertz CT molecular complexity index is 1780. The van der Waals surface area contributed by atoms with E-state index in [0.717, 1.165) is 49.9 Å². The van der Waals surface area contributed by atoms with E-state index in [-0.39, 0.29) is 0 Å². The van der Waals surface area contributed by atoms with Gasteiger partial charge in [-0.25, -0.2) is 9.98 Å². The molecule has 0 N–H and O–H groups in total. The Balaban J connectivity index is 1.38. The highest BCUT2D eigenvalue weighted by atomic mass is 16.3. The number of furan rings is 1. The van der Waals surface area contributed by atoms with Crippen molar-refractivity contribution in [1.29, 1.82) is 0 Å². The molecule has 0 spiro atoms. The molecular weight excluding hydrogens is 468 g/mol. The van der Waals surface area contributed by atoms with Crippen molar-refractivity contribution < 1.29 is 4.42 Å². The van der Waals surface area contributed by atoms with Gasteiger partial charge in [0, 0.05) is 28.1 Å². The second-order valence-electron chi connectivity index (χ2n) is 8.80. The molecule has 4 aromatic carbocycles. The van der Waals surface area contributed by atoms with E-state index in [4.69, 9.17) is 14.4 Å². The third-order valence-corrected chi connectivity index (χ3v) is 6.34. The van der Waals surface area contributed by atoms with Crippen molar-refractivity contribution in [2.45, 2.75) is 6.54 Å². The van der Waals surface area contributed by atoms with Gasteiger partial charge < -0.3 is 4.42 Å². The molecule has 6 aromatic rings. The maximum absolute atomic E-state index is 6.21. The molecule has 0 saturated carbocycles. The van der Waals surface area contributed by atoms with Gasteiger partial charge in [-0.05, 0) is 30.5 Å². The van der Waals surface area contributed by atoms with Crippen LogP contribution < -0.4 is 0 Å². The molecule has 0 amide bonds. The predicted octanol–water partition coefficient (Wildman–Crippen LogP) is 7.74. The van der Waals surface area contributed by atoms with Gasteiger partial charge in [0.25, 0.3) is 0 Å². The maximum Gasteiger partial charge on any atom is 0.164 e. The summed E-state index contributed by atoms with van der Waals surface area (Å²) in [6, 6.07) is 38.0. The van der Waals surface area contributed by atoms with Crippen molar-refractivity contribution in [3.05, 3.63) is 138 Å². The van der Waals surface area contributed by atoms with E-state index in [9.17, 15) is 0 Å². The van der Waals surface area contributed by atoms with Crippen LogP contribution in [0.1, 0.15) is 16.7 Å². The lowest BCUT2D eigenvalue weighted by atomic mass is 10.1. The number of amidine groups is 2. The van der Waals surface area contributed by atoms with E-state index in [1.165, 1.54) is 0 Å². The Labute approximate surface area is 220 Å². The number of hydrogen-bond donors (Lipinski definition) is 0. The van der Waals surface area contributed by atoms with Crippen LogP contribution in [-0.4, -0.2) is 23.4 Å². The number of aromatic nitrogens is 1. The van der Waals surface area contributed by atoms with Gasteiger partial charge in [-0.3, -0.25) is 9.98 Å². The van der Waals surface area contributed by atoms with Gasteiger partial charge in [-0.2, -0.15) is 0 Å². The van der Waals surface area contributed by atoms with Crippen LogP contribution in [-0.2, 0) is 6.54 Å². The van der Waals surface area contributed by atoms with Gasteiger partial charge in [-0.15, -0.1) is 0 Å². The van der Waals surface area contributed by atoms with Gasteiger partial charge in [0.15, 0.2) is 11.7 Å². The molecule has 2 aromatic heterocycles. The van der Waals surface area contributed by atoms with Crippen molar-refractivity contribution in [1.82, 2.24) is 4.98 Å². The number of nitrogens with zero attached hydrogens (tertiary/aromatic N) is 4. The molecule has 5 heteroatoms. The Hall–Kier alpha value is -5.16. The summed E-state index contributed by atoms with van der Waals surface area (Å²) in [6.45, 7) is 4.24. The van der Waals surface area contributed by atoms with Crippen LogP contribution in [0, 0.1) is 0 Å². The zero-order valence-electron chi connectivity index (χ0n) is 20.7. The van der Waals surface area contributed by atoms with Crippen molar-refractivity contribution in [3.63, 3.8) is 0 Å². The third-order valence-electron chi connectivity index (χ3n) is 6.34. The van der Waals surface area contributed by atoms with E-state index in [2.05, 4.69) is 34.9 Å². The van der Waals surface area contributed by atoms with Crippen molar-refractivity contribution in [3.8, 4) is 11.3 Å². The summed E-state index contributed by atoms with van der Waals surface area (Å²) in [7, 11) is 0. The molecule has 0 unspecified atom stereocenters. The molecule has 0 aliphatic heterocycles. The average Bonchev–Trinajstić information content (AvgIpc) is 3.38. The van der Waals surface area contributed by atoms with Crippen LogP contribution in [0.15, 0.2) is 141 Å². The highest BCUT2D eigenvalue weighted by molar-refractivity contribution is 6.19. The second-order valence-corrected chi connectivity index (χ2v) is 8.80. The largest absolute Gasteiger partial charge is 0.455 e. The van der Waals surface area contributed by atoms with Gasteiger partial charge in [0.05, 0.1) is 17.8 Å². The van der Waals surface area contributed by atoms with Crippen molar-refractivity contribution >= 4 is 40.3 Å². The van der Waals surface area contributed by atoms with Crippen LogP contribution >= 0.6 is 0 Å². The Morgan fingerprint density at radius 3 is 2.21 bits per heavy atom. The number of rotatable bonds is 5. The number of benzene rings is 4. The average molecular weight is 493 g/mol. The number of para-hydroxylation sites is 2. The Kier molecular flexibility index (Phi) is 6.39. The van der Waals surface area contributed by atoms with Crippen molar-refractivity contribution in [2.75, 3.05) is 0 Å². The zero-order valence-corrected chi connectivity index (χ0v) is 20.7. The number of pyridine rings is 1. The summed E-state index contributed by atoms with van der Waals surface area (Å²) >= 11 is 0. The lowest BCUT2D eigenvalue weighted by molar-refractivity contribution is 0.668. The summed E-state index contributed by atoms with van der Waals surface area (Å²) in [5, 5.41) is 2.06. The summed E-state index contributed by atoms with van der Waals surface area (Å²) in [5.74, 6) is 1.02. The fourth-order valence-corrected chi connectivity index (χ4v) is 4.45. The van der Waals surface area contributed by atoms with Gasteiger partial charge in [0.2, 0.25) is 0 Å². The highest BCUT2D eigenvalue weighted by Gasteiger charge is 2.15. The van der Waals surface area contributed by atoms with Crippen LogP contribution in [0.3, 0.4) is 0 Å². The molecule has 182 valence electrons. The Morgan fingerprint density at radius 2 is 1.45 bits per heavy atom. The Morgan fingerprint density at radius 1 is 0.711 bits per heavy atom. The van der Waals surface area contributed by atoms with Crippen LogP contribution in [0.4, 0.5) is 0 Å². The molecular formula is C33H24N4O. The minimum absolute atomic E-state index is 0.426. The molecule has 2 heterocycles. The van der Waals surface area contributed by atoms with E-state index < -0.39 is 0 Å². The first kappa shape index (κ1) is 23.3. The summed E-state index contributed by atoms with van der Waals surface area (Å²) in [5.41, 5.74) is 6.20. The van der Waals surface area contributed by atoms with Crippen molar-refractivity contribution in [2.24, 2.45) is 15.0 Å². The minimum atomic E-state index is 0.426. The first-order valence-electron chi connectivity index (χ1n) is 12.4. The second kappa shape index (κ2) is 10.4. The zero-order chi connectivity index (χ0) is 25.7. The summed E-state index contributed by atoms with van der Waals surface area (Å²) in [6.07, 6.45) is 1.86. The molecule has 0 fully saturated rings. The van der Waals surface area contributed by atoms with Gasteiger partial charge in [-0.1, -0.05) is 97.1 Å². The molecule has 0 bridgehead atoms. The molecule has 5 nitrogen and oxygen atoms in total. The molecule has 0 aliphatic rings. The van der Waals surface area contributed by atoms with Gasteiger partial charge in [0.1, 0.15) is 11.2 Å². The number of fused-ring (bicyclic) bond motifs is 3. The molecule has 6 rings (SSSR count). The summed E-state index contributed by atoms with van der Waals surface area (Å²) in [4.78, 5) is 18.7. The predicted molar refractivity (Wildman–Crippen MR) is 156 cm³/mol. The van der Waals surface area contributed by atoms with E-state index in [1.807, 2.05) is 103 Å². The lowest BCUT2D eigenvalue weighted by Gasteiger charge is -2.07. The number of aliphatic imine (C=N–C) groups is 3. The first-order chi connectivity index (χ1) is 18.8. The fourth-order valence-electron chi connectivity index (χ4n) is 4.45. The van der Waals surface area contributed by atoms with Crippen LogP contribution in [0.5, 0.6) is 0 Å². The standard InChI is InChI=1S/C33H24N4O/c1-34-33(28-17-10-16-27-26-15-8-9-18-30(26)38-31(27)28)37-32(25-13-6-3-7-14-25)36-22-23-19-20-29(35-21-23)24-11-4-2-5-12-24/h2-21H,1,22H2/b36-32-,37-33-. The SMILES string of the molecule is C=N/C(=N\C(=N/Cc1ccc(-c2ccccc2)nc1)c1ccccc1)c1cccc2c1oc1ccccc12. The van der Waals surface area contributed by atoms with E-state index in [0.29, 0.717) is 18.2 Å². The quantitative estimate of drug-likeness (QED) is 0.182. The topological polar surface area (TPSA) is 63.1 Å². The minimum Gasteiger partial charge on any atom is -0.455 e. The highest BCUT2D eigenvalue weighted by Crippen LogP contribution is 2.31. The van der Waals surface area contributed by atoms with E-state index >= 15 is 0 Å². The van der Waals surface area contributed by atoms with E-state index in [1.54, 1.807) is 0 Å².